The molecule has 0 saturated carbocycles. The molecule has 0 unspecified atom stereocenters. The molecule has 2 heterocycles. The van der Waals surface area contributed by atoms with Crippen LogP contribution in [0.4, 0.5) is 4.39 Å². The van der Waals surface area contributed by atoms with Gasteiger partial charge in [-0.15, -0.1) is 10.2 Å². The fourth-order valence-electron chi connectivity index (χ4n) is 2.93. The smallest absolute Gasteiger partial charge is 0.375 e. The summed E-state index contributed by atoms with van der Waals surface area (Å²) in [5, 5.41) is 8.14. The van der Waals surface area contributed by atoms with Crippen molar-refractivity contribution in [1.82, 2.24) is 15.1 Å². The molecule has 0 aliphatic carbocycles. The van der Waals surface area contributed by atoms with Crippen LogP contribution < -0.4 is 0 Å². The standard InChI is InChI=1S/C18H20FN3O4/c1-2-25-18(24)15(23)11-22-9-7-13(8-10-22)17-21-20-16(26-17)12-3-5-14(19)6-4-12/h3-6,13H,2,7-11H2,1H3. The van der Waals surface area contributed by atoms with Gasteiger partial charge in [-0.3, -0.25) is 9.69 Å². The molecule has 1 aliphatic heterocycles. The molecule has 2 aromatic rings. The van der Waals surface area contributed by atoms with E-state index >= 15 is 0 Å². The molecule has 0 amide bonds. The number of Topliss-reactive ketones (excluding diaryl/α,β-unsaturated/α-hetero) is 1. The van der Waals surface area contributed by atoms with Gasteiger partial charge in [0.2, 0.25) is 11.8 Å². The zero-order valence-electron chi connectivity index (χ0n) is 14.5. The van der Waals surface area contributed by atoms with Crippen molar-refractivity contribution in [3.8, 4) is 11.5 Å². The zero-order chi connectivity index (χ0) is 18.5. The van der Waals surface area contributed by atoms with E-state index in [4.69, 9.17) is 9.15 Å². The van der Waals surface area contributed by atoms with Crippen LogP contribution in [-0.4, -0.2) is 53.1 Å². The lowest BCUT2D eigenvalue weighted by Crippen LogP contribution is -2.39. The minimum absolute atomic E-state index is 0.0657. The van der Waals surface area contributed by atoms with Gasteiger partial charge in [0.1, 0.15) is 5.82 Å². The largest absolute Gasteiger partial charge is 0.460 e. The number of ketones is 1. The Morgan fingerprint density at radius 3 is 2.58 bits per heavy atom. The van der Waals surface area contributed by atoms with Crippen LogP contribution in [0.15, 0.2) is 28.7 Å². The van der Waals surface area contributed by atoms with E-state index in [1.807, 2.05) is 4.90 Å². The highest BCUT2D eigenvalue weighted by molar-refractivity contribution is 6.34. The Balaban J connectivity index is 1.54. The number of rotatable bonds is 6. The van der Waals surface area contributed by atoms with E-state index in [0.717, 1.165) is 12.8 Å². The second kappa shape index (κ2) is 8.18. The van der Waals surface area contributed by atoms with Gasteiger partial charge in [0.05, 0.1) is 13.2 Å². The lowest BCUT2D eigenvalue weighted by Gasteiger charge is -2.29. The Morgan fingerprint density at radius 2 is 1.92 bits per heavy atom. The first-order valence-corrected chi connectivity index (χ1v) is 8.58. The number of aromatic nitrogens is 2. The number of esters is 1. The number of hydrogen-bond acceptors (Lipinski definition) is 7. The molecule has 8 heteroatoms. The third-order valence-electron chi connectivity index (χ3n) is 4.34. The Kier molecular flexibility index (Phi) is 5.72. The SMILES string of the molecule is CCOC(=O)C(=O)CN1CCC(c2nnc(-c3ccc(F)cc3)o2)CC1. The number of carbonyl (C=O) groups excluding carboxylic acids is 2. The first-order chi connectivity index (χ1) is 12.6. The number of likely N-dealkylation sites (tertiary alicyclic amines) is 1. The van der Waals surface area contributed by atoms with Crippen LogP contribution >= 0.6 is 0 Å². The summed E-state index contributed by atoms with van der Waals surface area (Å²) in [4.78, 5) is 25.1. The van der Waals surface area contributed by atoms with E-state index in [9.17, 15) is 14.0 Å². The van der Waals surface area contributed by atoms with E-state index in [-0.39, 0.29) is 24.9 Å². The van der Waals surface area contributed by atoms with Crippen molar-refractivity contribution in [2.75, 3.05) is 26.2 Å². The molecule has 1 aliphatic rings. The minimum Gasteiger partial charge on any atom is -0.460 e. The van der Waals surface area contributed by atoms with Gasteiger partial charge in [0.25, 0.3) is 5.78 Å². The summed E-state index contributed by atoms with van der Waals surface area (Å²) in [6, 6.07) is 5.88. The van der Waals surface area contributed by atoms with Crippen LogP contribution in [0.1, 0.15) is 31.6 Å². The molecule has 0 atom stereocenters. The van der Waals surface area contributed by atoms with Crippen molar-refractivity contribution >= 4 is 11.8 Å². The van der Waals surface area contributed by atoms with Gasteiger partial charge in [0, 0.05) is 11.5 Å². The Morgan fingerprint density at radius 1 is 1.23 bits per heavy atom. The van der Waals surface area contributed by atoms with Crippen molar-refractivity contribution in [2.45, 2.75) is 25.7 Å². The van der Waals surface area contributed by atoms with Gasteiger partial charge >= 0.3 is 5.97 Å². The summed E-state index contributed by atoms with van der Waals surface area (Å²) in [5.74, 6) is -0.623. The van der Waals surface area contributed by atoms with E-state index in [2.05, 4.69) is 10.2 Å². The van der Waals surface area contributed by atoms with E-state index in [1.54, 1.807) is 19.1 Å². The topological polar surface area (TPSA) is 85.5 Å². The fourth-order valence-corrected chi connectivity index (χ4v) is 2.93. The third kappa shape index (κ3) is 4.32. The summed E-state index contributed by atoms with van der Waals surface area (Å²) >= 11 is 0. The normalized spacial score (nSPS) is 15.8. The van der Waals surface area contributed by atoms with E-state index in [0.29, 0.717) is 30.4 Å². The number of nitrogens with zero attached hydrogens (tertiary/aromatic N) is 3. The molecule has 1 aromatic heterocycles. The van der Waals surface area contributed by atoms with Crippen LogP contribution in [-0.2, 0) is 14.3 Å². The number of halogens is 1. The highest BCUT2D eigenvalue weighted by atomic mass is 19.1. The number of benzene rings is 1. The van der Waals surface area contributed by atoms with Crippen molar-refractivity contribution in [2.24, 2.45) is 0 Å². The molecule has 1 aromatic carbocycles. The van der Waals surface area contributed by atoms with Gasteiger partial charge in [-0.25, -0.2) is 9.18 Å². The highest BCUT2D eigenvalue weighted by Crippen LogP contribution is 2.29. The average Bonchev–Trinajstić information content (AvgIpc) is 3.13. The number of piperidine rings is 1. The van der Waals surface area contributed by atoms with Crippen molar-refractivity contribution in [1.29, 1.82) is 0 Å². The average molecular weight is 361 g/mol. The van der Waals surface area contributed by atoms with Crippen molar-refractivity contribution in [3.05, 3.63) is 36.0 Å². The molecular weight excluding hydrogens is 341 g/mol. The summed E-state index contributed by atoms with van der Waals surface area (Å²) in [5.41, 5.74) is 0.669. The Labute approximate surface area is 150 Å². The van der Waals surface area contributed by atoms with Crippen molar-refractivity contribution < 1.29 is 23.1 Å². The minimum atomic E-state index is -0.782. The van der Waals surface area contributed by atoms with Crippen molar-refractivity contribution in [3.63, 3.8) is 0 Å². The Bertz CT molecular complexity index is 767. The molecular formula is C18H20FN3O4. The maximum Gasteiger partial charge on any atom is 0.375 e. The molecule has 0 radical (unpaired) electrons. The monoisotopic (exact) mass is 361 g/mol. The maximum absolute atomic E-state index is 13.0. The lowest BCUT2D eigenvalue weighted by atomic mass is 9.96. The summed E-state index contributed by atoms with van der Waals surface area (Å²) < 4.78 is 23.4. The molecule has 0 N–H and O–H groups in total. The van der Waals surface area contributed by atoms with Crippen LogP contribution in [0.25, 0.3) is 11.5 Å². The third-order valence-corrected chi connectivity index (χ3v) is 4.34. The van der Waals surface area contributed by atoms with Gasteiger partial charge in [0.15, 0.2) is 0 Å². The molecule has 26 heavy (non-hydrogen) atoms. The van der Waals surface area contributed by atoms with E-state index < -0.39 is 11.8 Å². The summed E-state index contributed by atoms with van der Waals surface area (Å²) in [7, 11) is 0. The number of ether oxygens (including phenoxy) is 1. The molecule has 3 rings (SSSR count). The van der Waals surface area contributed by atoms with Crippen LogP contribution in [0, 0.1) is 5.82 Å². The lowest BCUT2D eigenvalue weighted by molar-refractivity contribution is -0.154. The predicted molar refractivity (Wildman–Crippen MR) is 89.7 cm³/mol. The first kappa shape index (κ1) is 18.2. The quantitative estimate of drug-likeness (QED) is 0.576. The second-order valence-corrected chi connectivity index (χ2v) is 6.15. The molecule has 1 saturated heterocycles. The molecule has 138 valence electrons. The molecule has 0 bridgehead atoms. The predicted octanol–water partition coefficient (Wildman–Crippen LogP) is 2.19. The second-order valence-electron chi connectivity index (χ2n) is 6.15. The van der Waals surface area contributed by atoms with Gasteiger partial charge < -0.3 is 9.15 Å². The van der Waals surface area contributed by atoms with E-state index in [1.165, 1.54) is 12.1 Å². The summed E-state index contributed by atoms with van der Waals surface area (Å²) in [6.07, 6.45) is 1.50. The van der Waals surface area contributed by atoms with Crippen LogP contribution in [0.5, 0.6) is 0 Å². The molecule has 0 spiro atoms. The first-order valence-electron chi connectivity index (χ1n) is 8.58. The van der Waals surface area contributed by atoms with Crippen LogP contribution in [0.2, 0.25) is 0 Å². The van der Waals surface area contributed by atoms with Crippen LogP contribution in [0.3, 0.4) is 0 Å². The Hall–Kier alpha value is -2.61. The number of hydrogen-bond donors (Lipinski definition) is 0. The molecule has 1 fully saturated rings. The fraction of sp³-hybridized carbons (Fsp3) is 0.444. The zero-order valence-corrected chi connectivity index (χ0v) is 14.5. The van der Waals surface area contributed by atoms with Gasteiger partial charge in [-0.05, 0) is 57.1 Å². The molecule has 7 nitrogen and oxygen atoms in total. The van der Waals surface area contributed by atoms with Gasteiger partial charge in [-0.1, -0.05) is 0 Å². The number of carbonyl (C=O) groups is 2. The summed E-state index contributed by atoms with van der Waals surface area (Å²) in [6.45, 7) is 3.24. The van der Waals surface area contributed by atoms with Gasteiger partial charge in [-0.2, -0.15) is 0 Å². The maximum atomic E-state index is 13.0. The highest BCUT2D eigenvalue weighted by Gasteiger charge is 2.27.